The van der Waals surface area contributed by atoms with Crippen molar-refractivity contribution in [2.24, 2.45) is 17.3 Å². The van der Waals surface area contributed by atoms with Crippen LogP contribution >= 0.6 is 0 Å². The minimum Gasteiger partial charge on any atom is -0.378 e. The van der Waals surface area contributed by atoms with Crippen LogP contribution in [0.25, 0.3) is 0 Å². The van der Waals surface area contributed by atoms with Gasteiger partial charge in [-0.1, -0.05) is 34.1 Å². The van der Waals surface area contributed by atoms with E-state index >= 15 is 0 Å². The van der Waals surface area contributed by atoms with Gasteiger partial charge in [0.25, 0.3) is 0 Å². The Bertz CT molecular complexity index is 424. The average molecular weight is 324 g/mol. The van der Waals surface area contributed by atoms with Crippen LogP contribution < -0.4 is 0 Å². The molecule has 23 heavy (non-hydrogen) atoms. The molecule has 5 heteroatoms. The number of hydrogen-bond donors (Lipinski definition) is 0. The fraction of sp³-hybridized carbons (Fsp3) is 0.889. The number of hydrogen-bond acceptors (Lipinski definition) is 3. The molecule has 2 heterocycles. The van der Waals surface area contributed by atoms with E-state index in [1.807, 2.05) is 30.6 Å². The zero-order valence-corrected chi connectivity index (χ0v) is 15.1. The number of ether oxygens (including phenoxy) is 1. The summed E-state index contributed by atoms with van der Waals surface area (Å²) in [6.45, 7) is 12.4. The van der Waals surface area contributed by atoms with Gasteiger partial charge in [0.2, 0.25) is 11.8 Å². The first-order valence-corrected chi connectivity index (χ1v) is 8.97. The molecule has 0 spiro atoms. The Labute approximate surface area is 140 Å². The molecule has 0 N–H and O–H groups in total. The maximum Gasteiger partial charge on any atom is 0.227 e. The molecule has 2 saturated heterocycles. The van der Waals surface area contributed by atoms with Crippen molar-refractivity contribution < 1.29 is 14.3 Å². The molecule has 5 nitrogen and oxygen atoms in total. The molecule has 0 saturated carbocycles. The minimum atomic E-state index is -0.325. The summed E-state index contributed by atoms with van der Waals surface area (Å²) in [5.41, 5.74) is -0.325. The molecule has 0 aromatic heterocycles. The van der Waals surface area contributed by atoms with E-state index in [4.69, 9.17) is 4.74 Å². The van der Waals surface area contributed by atoms with Crippen molar-refractivity contribution in [2.75, 3.05) is 39.4 Å². The normalized spacial score (nSPS) is 26.3. The molecule has 2 fully saturated rings. The standard InChI is InChI=1S/C18H32N2O3/c1-5-14-13-20(17(22)18(2,3)4)7-6-15(14)12-16(21)19-8-10-23-11-9-19/h14-15H,5-13H2,1-4H3/t14-,15-/m0/s1. The third-order valence-corrected chi connectivity index (χ3v) is 5.15. The lowest BCUT2D eigenvalue weighted by atomic mass is 9.80. The average Bonchev–Trinajstić information content (AvgIpc) is 2.54. The van der Waals surface area contributed by atoms with Crippen LogP contribution in [0.4, 0.5) is 0 Å². The van der Waals surface area contributed by atoms with Crippen molar-refractivity contribution in [3.63, 3.8) is 0 Å². The van der Waals surface area contributed by atoms with Crippen LogP contribution in [0.3, 0.4) is 0 Å². The molecule has 0 aromatic carbocycles. The molecule has 2 atom stereocenters. The molecular weight excluding hydrogens is 292 g/mol. The summed E-state index contributed by atoms with van der Waals surface area (Å²) in [7, 11) is 0. The Kier molecular flexibility index (Phi) is 6.06. The van der Waals surface area contributed by atoms with Crippen molar-refractivity contribution in [1.29, 1.82) is 0 Å². The van der Waals surface area contributed by atoms with E-state index in [1.165, 1.54) is 0 Å². The highest BCUT2D eigenvalue weighted by Gasteiger charge is 2.36. The van der Waals surface area contributed by atoms with E-state index < -0.39 is 0 Å². The second kappa shape index (κ2) is 7.65. The van der Waals surface area contributed by atoms with Crippen LogP contribution in [0.2, 0.25) is 0 Å². The topological polar surface area (TPSA) is 49.9 Å². The van der Waals surface area contributed by atoms with Gasteiger partial charge in [-0.2, -0.15) is 0 Å². The van der Waals surface area contributed by atoms with Gasteiger partial charge < -0.3 is 14.5 Å². The first-order valence-electron chi connectivity index (χ1n) is 8.97. The third-order valence-electron chi connectivity index (χ3n) is 5.15. The summed E-state index contributed by atoms with van der Waals surface area (Å²) in [5, 5.41) is 0. The summed E-state index contributed by atoms with van der Waals surface area (Å²) in [4.78, 5) is 28.9. The Balaban J connectivity index is 1.91. The molecule has 0 aromatic rings. The van der Waals surface area contributed by atoms with E-state index in [0.717, 1.165) is 39.0 Å². The van der Waals surface area contributed by atoms with E-state index in [9.17, 15) is 9.59 Å². The number of amides is 2. The van der Waals surface area contributed by atoms with Crippen molar-refractivity contribution in [2.45, 2.75) is 47.0 Å². The first-order chi connectivity index (χ1) is 10.8. The monoisotopic (exact) mass is 324 g/mol. The summed E-state index contributed by atoms with van der Waals surface area (Å²) < 4.78 is 5.32. The molecular formula is C18H32N2O3. The van der Waals surface area contributed by atoms with E-state index in [0.29, 0.717) is 31.5 Å². The van der Waals surface area contributed by atoms with Crippen LogP contribution in [0.1, 0.15) is 47.0 Å². The SMILES string of the molecule is CC[C@H]1CN(C(=O)C(C)(C)C)CC[C@H]1CC(=O)N1CCOCC1. The van der Waals surface area contributed by atoms with Crippen molar-refractivity contribution >= 4 is 11.8 Å². The number of carbonyl (C=O) groups excluding carboxylic acids is 2. The summed E-state index contributed by atoms with van der Waals surface area (Å²) >= 11 is 0. The molecule has 2 aliphatic heterocycles. The molecule has 2 aliphatic rings. The summed E-state index contributed by atoms with van der Waals surface area (Å²) in [6, 6.07) is 0. The number of rotatable bonds is 3. The highest BCUT2D eigenvalue weighted by Crippen LogP contribution is 2.31. The molecule has 0 bridgehead atoms. The van der Waals surface area contributed by atoms with Crippen LogP contribution in [0.15, 0.2) is 0 Å². The Morgan fingerprint density at radius 1 is 1.04 bits per heavy atom. The zero-order valence-electron chi connectivity index (χ0n) is 15.1. The molecule has 0 radical (unpaired) electrons. The van der Waals surface area contributed by atoms with E-state index in [1.54, 1.807) is 0 Å². The fourth-order valence-electron chi connectivity index (χ4n) is 3.64. The van der Waals surface area contributed by atoms with Gasteiger partial charge in [0.05, 0.1) is 13.2 Å². The van der Waals surface area contributed by atoms with Crippen LogP contribution in [-0.2, 0) is 14.3 Å². The minimum absolute atomic E-state index is 0.230. The van der Waals surface area contributed by atoms with Crippen molar-refractivity contribution in [3.05, 3.63) is 0 Å². The highest BCUT2D eigenvalue weighted by atomic mass is 16.5. The van der Waals surface area contributed by atoms with Crippen LogP contribution in [-0.4, -0.2) is 61.0 Å². The first kappa shape index (κ1) is 18.2. The lowest BCUT2D eigenvalue weighted by Gasteiger charge is -2.41. The quantitative estimate of drug-likeness (QED) is 0.799. The molecule has 132 valence electrons. The van der Waals surface area contributed by atoms with Crippen molar-refractivity contribution in [1.82, 2.24) is 9.80 Å². The zero-order chi connectivity index (χ0) is 17.0. The number of morpholine rings is 1. The summed E-state index contributed by atoms with van der Waals surface area (Å²) in [6.07, 6.45) is 2.58. The molecule has 2 amide bonds. The predicted molar refractivity (Wildman–Crippen MR) is 89.9 cm³/mol. The Morgan fingerprint density at radius 2 is 1.70 bits per heavy atom. The number of piperidine rings is 1. The maximum absolute atomic E-state index is 12.5. The van der Waals surface area contributed by atoms with Gasteiger partial charge in [0, 0.05) is 38.0 Å². The van der Waals surface area contributed by atoms with Gasteiger partial charge in [-0.15, -0.1) is 0 Å². The van der Waals surface area contributed by atoms with Gasteiger partial charge in [0.1, 0.15) is 0 Å². The van der Waals surface area contributed by atoms with Crippen LogP contribution in [0.5, 0.6) is 0 Å². The lowest BCUT2D eigenvalue weighted by molar-refractivity contribution is -0.143. The maximum atomic E-state index is 12.5. The lowest BCUT2D eigenvalue weighted by Crippen LogP contribution is -2.49. The van der Waals surface area contributed by atoms with Gasteiger partial charge >= 0.3 is 0 Å². The van der Waals surface area contributed by atoms with Gasteiger partial charge in [-0.3, -0.25) is 9.59 Å². The third kappa shape index (κ3) is 4.69. The predicted octanol–water partition coefficient (Wildman–Crippen LogP) is 2.16. The van der Waals surface area contributed by atoms with Gasteiger partial charge in [-0.05, 0) is 18.3 Å². The van der Waals surface area contributed by atoms with Crippen LogP contribution in [0, 0.1) is 17.3 Å². The van der Waals surface area contributed by atoms with Crippen molar-refractivity contribution in [3.8, 4) is 0 Å². The number of likely N-dealkylation sites (tertiary alicyclic amines) is 1. The Morgan fingerprint density at radius 3 is 2.26 bits per heavy atom. The summed E-state index contributed by atoms with van der Waals surface area (Å²) in [5.74, 6) is 1.32. The second-order valence-electron chi connectivity index (χ2n) is 7.92. The second-order valence-corrected chi connectivity index (χ2v) is 7.92. The molecule has 2 rings (SSSR count). The van der Waals surface area contributed by atoms with Gasteiger partial charge in [-0.25, -0.2) is 0 Å². The number of nitrogens with zero attached hydrogens (tertiary/aromatic N) is 2. The van der Waals surface area contributed by atoms with E-state index in [-0.39, 0.29) is 17.2 Å². The Hall–Kier alpha value is -1.10. The smallest absolute Gasteiger partial charge is 0.227 e. The van der Waals surface area contributed by atoms with Gasteiger partial charge in [0.15, 0.2) is 0 Å². The fourth-order valence-corrected chi connectivity index (χ4v) is 3.64. The highest BCUT2D eigenvalue weighted by molar-refractivity contribution is 5.81. The molecule has 0 aliphatic carbocycles. The van der Waals surface area contributed by atoms with E-state index in [2.05, 4.69) is 6.92 Å². The largest absolute Gasteiger partial charge is 0.378 e. The number of carbonyl (C=O) groups is 2. The molecule has 0 unspecified atom stereocenters.